The summed E-state index contributed by atoms with van der Waals surface area (Å²) < 4.78 is 29.7. The van der Waals surface area contributed by atoms with Crippen LogP contribution in [0.2, 0.25) is 0 Å². The normalized spacial score (nSPS) is 11.8. The number of anilines is 1. The summed E-state index contributed by atoms with van der Waals surface area (Å²) in [6.45, 7) is 3.66. The van der Waals surface area contributed by atoms with Crippen molar-refractivity contribution in [2.24, 2.45) is 0 Å². The first-order valence-corrected chi connectivity index (χ1v) is 14.8. The SMILES string of the molecule is Cc1ccc(S(=O)(=O)N(OCCO)c2ccc(-c3ccc4nnn(Cc5ccc6ncccc6c5)c4n3)cc2C)cc1. The van der Waals surface area contributed by atoms with Crippen molar-refractivity contribution in [3.05, 3.63) is 108 Å². The molecule has 42 heavy (non-hydrogen) atoms. The van der Waals surface area contributed by atoms with E-state index in [4.69, 9.17) is 9.82 Å². The molecule has 0 aliphatic heterocycles. The molecule has 3 aromatic heterocycles. The number of aliphatic hydroxyl groups is 1. The van der Waals surface area contributed by atoms with Gasteiger partial charge < -0.3 is 5.11 Å². The Labute approximate surface area is 242 Å². The van der Waals surface area contributed by atoms with E-state index >= 15 is 0 Å². The molecule has 0 bridgehead atoms. The molecule has 6 aromatic rings. The molecule has 3 heterocycles. The average Bonchev–Trinajstić information content (AvgIpc) is 3.39. The predicted octanol–water partition coefficient (Wildman–Crippen LogP) is 4.83. The van der Waals surface area contributed by atoms with Gasteiger partial charge in [-0.15, -0.1) is 9.57 Å². The number of hydrogen-bond donors (Lipinski definition) is 1. The summed E-state index contributed by atoms with van der Waals surface area (Å²) in [4.78, 5) is 14.9. The summed E-state index contributed by atoms with van der Waals surface area (Å²) in [6.07, 6.45) is 1.77. The zero-order valence-corrected chi connectivity index (χ0v) is 23.9. The molecule has 0 aliphatic rings. The second-order valence-corrected chi connectivity index (χ2v) is 11.7. The van der Waals surface area contributed by atoms with Crippen molar-refractivity contribution in [1.82, 2.24) is 25.0 Å². The molecule has 3 aromatic carbocycles. The number of pyridine rings is 2. The topological polar surface area (TPSA) is 123 Å². The Balaban J connectivity index is 1.32. The van der Waals surface area contributed by atoms with Gasteiger partial charge in [-0.1, -0.05) is 41.1 Å². The minimum atomic E-state index is -4.05. The minimum absolute atomic E-state index is 0.0880. The molecule has 11 heteroatoms. The van der Waals surface area contributed by atoms with Crippen LogP contribution in [-0.2, 0) is 21.4 Å². The molecule has 0 spiro atoms. The Morgan fingerprint density at radius 2 is 1.74 bits per heavy atom. The Kier molecular flexibility index (Phi) is 7.38. The summed E-state index contributed by atoms with van der Waals surface area (Å²) >= 11 is 0. The van der Waals surface area contributed by atoms with Crippen LogP contribution in [0.15, 0.2) is 96.0 Å². The summed E-state index contributed by atoms with van der Waals surface area (Å²) in [7, 11) is -4.05. The minimum Gasteiger partial charge on any atom is -0.394 e. The third kappa shape index (κ3) is 5.32. The van der Waals surface area contributed by atoms with Crippen LogP contribution in [0.25, 0.3) is 33.3 Å². The summed E-state index contributed by atoms with van der Waals surface area (Å²) in [5.74, 6) is 0. The largest absolute Gasteiger partial charge is 0.394 e. The van der Waals surface area contributed by atoms with Crippen LogP contribution in [0, 0.1) is 13.8 Å². The quantitative estimate of drug-likeness (QED) is 0.241. The average molecular weight is 581 g/mol. The second-order valence-electron chi connectivity index (χ2n) is 9.92. The molecular formula is C31H28N6O4S. The van der Waals surface area contributed by atoms with Crippen LogP contribution in [0.1, 0.15) is 16.7 Å². The van der Waals surface area contributed by atoms with E-state index in [0.29, 0.717) is 34.7 Å². The predicted molar refractivity (Wildman–Crippen MR) is 160 cm³/mol. The molecule has 0 fully saturated rings. The van der Waals surface area contributed by atoms with Crippen molar-refractivity contribution in [1.29, 1.82) is 0 Å². The van der Waals surface area contributed by atoms with Gasteiger partial charge in [0.25, 0.3) is 10.0 Å². The van der Waals surface area contributed by atoms with Gasteiger partial charge in [0, 0.05) is 17.1 Å². The monoisotopic (exact) mass is 580 g/mol. The lowest BCUT2D eigenvalue weighted by molar-refractivity contribution is 0.102. The van der Waals surface area contributed by atoms with Crippen molar-refractivity contribution >= 4 is 37.8 Å². The highest BCUT2D eigenvalue weighted by molar-refractivity contribution is 7.92. The number of fused-ring (bicyclic) bond motifs is 2. The molecule has 0 saturated carbocycles. The summed E-state index contributed by atoms with van der Waals surface area (Å²) in [5, 5.41) is 19.0. The first kappa shape index (κ1) is 27.5. The third-order valence-electron chi connectivity index (χ3n) is 6.89. The van der Waals surface area contributed by atoms with Crippen LogP contribution >= 0.6 is 0 Å². The van der Waals surface area contributed by atoms with E-state index in [1.807, 2.05) is 49.4 Å². The molecule has 0 unspecified atom stereocenters. The van der Waals surface area contributed by atoms with Crippen molar-refractivity contribution in [3.63, 3.8) is 0 Å². The first-order chi connectivity index (χ1) is 20.3. The molecule has 0 saturated heterocycles. The van der Waals surface area contributed by atoms with Crippen LogP contribution in [0.5, 0.6) is 0 Å². The van der Waals surface area contributed by atoms with Crippen LogP contribution in [-0.4, -0.2) is 51.7 Å². The van der Waals surface area contributed by atoms with Gasteiger partial charge >= 0.3 is 0 Å². The number of aromatic nitrogens is 5. The highest BCUT2D eigenvalue weighted by atomic mass is 32.2. The zero-order valence-electron chi connectivity index (χ0n) is 23.0. The van der Waals surface area contributed by atoms with Crippen molar-refractivity contribution in [2.75, 3.05) is 17.7 Å². The van der Waals surface area contributed by atoms with Gasteiger partial charge in [0.1, 0.15) is 5.52 Å². The van der Waals surface area contributed by atoms with E-state index in [9.17, 15) is 13.5 Å². The Morgan fingerprint density at radius 1 is 0.929 bits per heavy atom. The van der Waals surface area contributed by atoms with Crippen LogP contribution < -0.4 is 4.47 Å². The fourth-order valence-corrected chi connectivity index (χ4v) is 6.08. The number of benzene rings is 3. The lowest BCUT2D eigenvalue weighted by atomic mass is 10.1. The second kappa shape index (κ2) is 11.3. The summed E-state index contributed by atoms with van der Waals surface area (Å²) in [5.41, 5.74) is 6.69. The molecule has 1 N–H and O–H groups in total. The number of aryl methyl sites for hydroxylation is 2. The van der Waals surface area contributed by atoms with Crippen LogP contribution in [0.4, 0.5) is 5.69 Å². The van der Waals surface area contributed by atoms with E-state index in [1.54, 1.807) is 42.1 Å². The molecule has 0 aliphatic carbocycles. The van der Waals surface area contributed by atoms with Crippen molar-refractivity contribution < 1.29 is 18.4 Å². The lowest BCUT2D eigenvalue weighted by Crippen LogP contribution is -2.33. The van der Waals surface area contributed by atoms with Gasteiger partial charge in [-0.25, -0.2) is 9.67 Å². The van der Waals surface area contributed by atoms with Crippen molar-refractivity contribution in [3.8, 4) is 11.3 Å². The number of nitrogens with zero attached hydrogens (tertiary/aromatic N) is 6. The Morgan fingerprint density at radius 3 is 2.52 bits per heavy atom. The van der Waals surface area contributed by atoms with Gasteiger partial charge in [0.15, 0.2) is 5.65 Å². The Hall–Kier alpha value is -4.71. The van der Waals surface area contributed by atoms with E-state index in [0.717, 1.165) is 32.1 Å². The van der Waals surface area contributed by atoms with Gasteiger partial charge in [-0.2, -0.15) is 8.42 Å². The molecule has 212 valence electrons. The molecule has 0 amide bonds. The van der Waals surface area contributed by atoms with E-state index in [1.165, 1.54) is 12.1 Å². The maximum Gasteiger partial charge on any atom is 0.286 e. The number of rotatable bonds is 9. The lowest BCUT2D eigenvalue weighted by Gasteiger charge is -2.25. The highest BCUT2D eigenvalue weighted by Crippen LogP contribution is 2.31. The standard InChI is InChI=1S/C31H28N6O4S/c1-21-5-9-26(10-6-21)42(39,40)37(41-17-16-38)30-14-8-25(18-22(30)2)28-12-13-29-31(33-28)36(35-34-29)20-23-7-11-27-24(19-23)4-3-15-32-27/h3-15,18-19,38H,16-17,20H2,1-2H3. The first-order valence-electron chi connectivity index (χ1n) is 13.3. The molecule has 10 nitrogen and oxygen atoms in total. The van der Waals surface area contributed by atoms with E-state index in [-0.39, 0.29) is 18.1 Å². The smallest absolute Gasteiger partial charge is 0.286 e. The maximum absolute atomic E-state index is 13.5. The zero-order chi connectivity index (χ0) is 29.3. The van der Waals surface area contributed by atoms with Crippen molar-refractivity contribution in [2.45, 2.75) is 25.3 Å². The molecule has 0 radical (unpaired) electrons. The third-order valence-corrected chi connectivity index (χ3v) is 8.49. The number of aliphatic hydroxyl groups excluding tert-OH is 1. The molecular weight excluding hydrogens is 552 g/mol. The van der Waals surface area contributed by atoms with E-state index in [2.05, 4.69) is 21.4 Å². The Bertz CT molecular complexity index is 2010. The van der Waals surface area contributed by atoms with Gasteiger partial charge in [0.2, 0.25) is 0 Å². The van der Waals surface area contributed by atoms with Gasteiger partial charge in [-0.05, 0) is 79.6 Å². The highest BCUT2D eigenvalue weighted by Gasteiger charge is 2.28. The van der Waals surface area contributed by atoms with Gasteiger partial charge in [0.05, 0.1) is 41.6 Å². The fourth-order valence-electron chi connectivity index (χ4n) is 4.73. The van der Waals surface area contributed by atoms with Gasteiger partial charge in [-0.3, -0.25) is 9.82 Å². The fraction of sp³-hybridized carbons (Fsp3) is 0.161. The van der Waals surface area contributed by atoms with E-state index < -0.39 is 10.0 Å². The summed E-state index contributed by atoms with van der Waals surface area (Å²) in [6, 6.07) is 25.6. The molecule has 0 atom stereocenters. The maximum atomic E-state index is 13.5. The number of sulfonamides is 1. The molecule has 6 rings (SSSR count). The van der Waals surface area contributed by atoms with Crippen LogP contribution in [0.3, 0.4) is 0 Å². The number of hydrogen-bond acceptors (Lipinski definition) is 8.